The van der Waals surface area contributed by atoms with E-state index in [-0.39, 0.29) is 5.56 Å². The SMILES string of the molecule is Cc1cccc(C)c1-n1c(SCc2ccccc2C#N)nc2ccccc2c1=O. The summed E-state index contributed by atoms with van der Waals surface area (Å²) >= 11 is 1.47. The third-order valence-corrected chi connectivity index (χ3v) is 5.89. The highest BCUT2D eigenvalue weighted by Crippen LogP contribution is 2.28. The lowest BCUT2D eigenvalue weighted by molar-refractivity contribution is 0.808. The molecule has 0 unspecified atom stereocenters. The molecule has 0 fully saturated rings. The first-order chi connectivity index (χ1) is 14.1. The molecule has 0 saturated carbocycles. The van der Waals surface area contributed by atoms with Crippen LogP contribution in [0.4, 0.5) is 0 Å². The van der Waals surface area contributed by atoms with Gasteiger partial charge in [0.15, 0.2) is 5.16 Å². The number of fused-ring (bicyclic) bond motifs is 1. The molecule has 0 atom stereocenters. The minimum Gasteiger partial charge on any atom is -0.268 e. The average Bonchev–Trinajstić information content (AvgIpc) is 2.74. The summed E-state index contributed by atoms with van der Waals surface area (Å²) in [6.45, 7) is 4.01. The van der Waals surface area contributed by atoms with E-state index in [0.717, 1.165) is 22.4 Å². The molecule has 142 valence electrons. The third-order valence-electron chi connectivity index (χ3n) is 4.90. The number of aromatic nitrogens is 2. The summed E-state index contributed by atoms with van der Waals surface area (Å²) in [4.78, 5) is 18.3. The van der Waals surface area contributed by atoms with Crippen molar-refractivity contribution in [2.45, 2.75) is 24.8 Å². The van der Waals surface area contributed by atoms with Gasteiger partial charge in [-0.15, -0.1) is 0 Å². The lowest BCUT2D eigenvalue weighted by Gasteiger charge is -2.17. The fraction of sp³-hybridized carbons (Fsp3) is 0.125. The van der Waals surface area contributed by atoms with E-state index in [1.165, 1.54) is 11.8 Å². The van der Waals surface area contributed by atoms with Crippen LogP contribution in [0.25, 0.3) is 16.6 Å². The van der Waals surface area contributed by atoms with Gasteiger partial charge in [0.25, 0.3) is 5.56 Å². The van der Waals surface area contributed by atoms with E-state index in [1.54, 1.807) is 4.57 Å². The van der Waals surface area contributed by atoms with Gasteiger partial charge in [0.1, 0.15) is 0 Å². The summed E-state index contributed by atoms with van der Waals surface area (Å²) in [5, 5.41) is 10.6. The number of aryl methyl sites for hydroxylation is 2. The Morgan fingerprint density at radius 1 is 0.966 bits per heavy atom. The standard InChI is InChI=1S/C24H19N3OS/c1-16-8-7-9-17(2)22(16)27-23(28)20-12-5-6-13-21(20)26-24(27)29-15-19-11-4-3-10-18(19)14-25/h3-13H,15H2,1-2H3. The Morgan fingerprint density at radius 2 is 1.66 bits per heavy atom. The van der Waals surface area contributed by atoms with Crippen LogP contribution in [-0.2, 0) is 5.75 Å². The van der Waals surface area contributed by atoms with Gasteiger partial charge >= 0.3 is 0 Å². The van der Waals surface area contributed by atoms with Crippen molar-refractivity contribution < 1.29 is 0 Å². The van der Waals surface area contributed by atoms with Crippen LogP contribution in [0.3, 0.4) is 0 Å². The molecule has 0 bridgehead atoms. The van der Waals surface area contributed by atoms with Gasteiger partial charge in [0, 0.05) is 5.75 Å². The van der Waals surface area contributed by atoms with E-state index in [2.05, 4.69) is 6.07 Å². The predicted molar refractivity (Wildman–Crippen MR) is 118 cm³/mol. The molecule has 0 spiro atoms. The van der Waals surface area contributed by atoms with Gasteiger partial charge in [0.2, 0.25) is 0 Å². The predicted octanol–water partition coefficient (Wildman–Crippen LogP) is 5.17. The Balaban J connectivity index is 1.91. The molecule has 5 heteroatoms. The van der Waals surface area contributed by atoms with Crippen molar-refractivity contribution >= 4 is 22.7 Å². The van der Waals surface area contributed by atoms with E-state index in [4.69, 9.17) is 4.98 Å². The number of hydrogen-bond donors (Lipinski definition) is 0. The van der Waals surface area contributed by atoms with E-state index < -0.39 is 0 Å². The first kappa shape index (κ1) is 19.0. The van der Waals surface area contributed by atoms with Crippen molar-refractivity contribution in [3.05, 3.63) is 99.3 Å². The molecule has 4 aromatic rings. The number of para-hydroxylation sites is 2. The highest BCUT2D eigenvalue weighted by atomic mass is 32.2. The molecule has 3 aromatic carbocycles. The Labute approximate surface area is 173 Å². The molecule has 0 amide bonds. The second-order valence-electron chi connectivity index (χ2n) is 6.85. The maximum Gasteiger partial charge on any atom is 0.266 e. The molecule has 4 nitrogen and oxygen atoms in total. The largest absolute Gasteiger partial charge is 0.268 e. The number of thioether (sulfide) groups is 1. The highest BCUT2D eigenvalue weighted by Gasteiger charge is 2.17. The first-order valence-corrected chi connectivity index (χ1v) is 10.3. The van der Waals surface area contributed by atoms with E-state index >= 15 is 0 Å². The minimum atomic E-state index is -0.0796. The summed E-state index contributed by atoms with van der Waals surface area (Å²) in [6, 6.07) is 23.2. The zero-order valence-corrected chi connectivity index (χ0v) is 17.0. The van der Waals surface area contributed by atoms with Crippen molar-refractivity contribution in [2.75, 3.05) is 0 Å². The molecule has 0 aliphatic rings. The molecule has 29 heavy (non-hydrogen) atoms. The molecular weight excluding hydrogens is 378 g/mol. The fourth-order valence-electron chi connectivity index (χ4n) is 3.46. The molecule has 0 aliphatic heterocycles. The third kappa shape index (κ3) is 3.55. The van der Waals surface area contributed by atoms with Crippen molar-refractivity contribution in [1.82, 2.24) is 9.55 Å². The monoisotopic (exact) mass is 397 g/mol. The summed E-state index contributed by atoms with van der Waals surface area (Å²) < 4.78 is 1.71. The Hall–Kier alpha value is -3.36. The maximum absolute atomic E-state index is 13.4. The maximum atomic E-state index is 13.4. The quantitative estimate of drug-likeness (QED) is 0.352. The van der Waals surface area contributed by atoms with Crippen LogP contribution >= 0.6 is 11.8 Å². The molecule has 4 rings (SSSR count). The van der Waals surface area contributed by atoms with Gasteiger partial charge in [-0.2, -0.15) is 5.26 Å². The van der Waals surface area contributed by atoms with Crippen LogP contribution in [0.2, 0.25) is 0 Å². The number of rotatable bonds is 4. The molecule has 0 saturated heterocycles. The van der Waals surface area contributed by atoms with E-state index in [9.17, 15) is 10.1 Å². The zero-order chi connectivity index (χ0) is 20.4. The van der Waals surface area contributed by atoms with Crippen molar-refractivity contribution in [2.24, 2.45) is 0 Å². The van der Waals surface area contributed by atoms with Crippen molar-refractivity contribution in [3.8, 4) is 11.8 Å². The average molecular weight is 398 g/mol. The number of benzene rings is 3. The van der Waals surface area contributed by atoms with Gasteiger partial charge in [0.05, 0.1) is 28.2 Å². The lowest BCUT2D eigenvalue weighted by Crippen LogP contribution is -2.23. The number of nitrogens with zero attached hydrogens (tertiary/aromatic N) is 3. The summed E-state index contributed by atoms with van der Waals surface area (Å²) in [6.07, 6.45) is 0. The van der Waals surface area contributed by atoms with Gasteiger partial charge in [-0.25, -0.2) is 4.98 Å². The molecule has 1 heterocycles. The second-order valence-corrected chi connectivity index (χ2v) is 7.79. The van der Waals surface area contributed by atoms with Gasteiger partial charge in [-0.1, -0.05) is 60.3 Å². The molecule has 0 aliphatic carbocycles. The van der Waals surface area contributed by atoms with Gasteiger partial charge in [-0.3, -0.25) is 9.36 Å². The highest BCUT2D eigenvalue weighted by molar-refractivity contribution is 7.98. The molecular formula is C24H19N3OS. The minimum absolute atomic E-state index is 0.0796. The topological polar surface area (TPSA) is 58.7 Å². The first-order valence-electron chi connectivity index (χ1n) is 9.29. The van der Waals surface area contributed by atoms with E-state index in [0.29, 0.717) is 27.4 Å². The number of hydrogen-bond acceptors (Lipinski definition) is 4. The summed E-state index contributed by atoms with van der Waals surface area (Å²) in [5.41, 5.74) is 5.07. The molecule has 1 aromatic heterocycles. The zero-order valence-electron chi connectivity index (χ0n) is 16.2. The fourth-order valence-corrected chi connectivity index (χ4v) is 4.46. The van der Waals surface area contributed by atoms with Gasteiger partial charge < -0.3 is 0 Å². The normalized spacial score (nSPS) is 10.8. The molecule has 0 N–H and O–H groups in total. The van der Waals surface area contributed by atoms with Crippen molar-refractivity contribution in [1.29, 1.82) is 5.26 Å². The van der Waals surface area contributed by atoms with Crippen LogP contribution < -0.4 is 5.56 Å². The number of nitriles is 1. The van der Waals surface area contributed by atoms with Crippen LogP contribution in [0, 0.1) is 25.2 Å². The van der Waals surface area contributed by atoms with Gasteiger partial charge in [-0.05, 0) is 48.7 Å². The van der Waals surface area contributed by atoms with Crippen LogP contribution in [0.15, 0.2) is 76.7 Å². The van der Waals surface area contributed by atoms with Crippen molar-refractivity contribution in [3.63, 3.8) is 0 Å². The van der Waals surface area contributed by atoms with Crippen LogP contribution in [0.5, 0.6) is 0 Å². The smallest absolute Gasteiger partial charge is 0.266 e. The van der Waals surface area contributed by atoms with Crippen LogP contribution in [0.1, 0.15) is 22.3 Å². The summed E-state index contributed by atoms with van der Waals surface area (Å²) in [7, 11) is 0. The lowest BCUT2D eigenvalue weighted by atomic mass is 10.1. The second kappa shape index (κ2) is 7.94. The Bertz CT molecular complexity index is 1300. The Morgan fingerprint density at radius 3 is 2.41 bits per heavy atom. The Kier molecular flexibility index (Phi) is 5.20. The summed E-state index contributed by atoms with van der Waals surface area (Å²) in [5.74, 6) is 0.555. The molecule has 0 radical (unpaired) electrons. The van der Waals surface area contributed by atoms with Crippen LogP contribution in [-0.4, -0.2) is 9.55 Å². The van der Waals surface area contributed by atoms with E-state index in [1.807, 2.05) is 80.6 Å².